The van der Waals surface area contributed by atoms with Gasteiger partial charge in [-0.25, -0.2) is 0 Å². The van der Waals surface area contributed by atoms with E-state index >= 15 is 0 Å². The summed E-state index contributed by atoms with van der Waals surface area (Å²) < 4.78 is 0. The van der Waals surface area contributed by atoms with Gasteiger partial charge in [-0.05, 0) is 25.2 Å². The molecule has 0 spiro atoms. The highest BCUT2D eigenvalue weighted by atomic mass is 16.2. The molecule has 3 N–H and O–H groups in total. The summed E-state index contributed by atoms with van der Waals surface area (Å²) in [5, 5.41) is 2.90. The fourth-order valence-electron chi connectivity index (χ4n) is 1.87. The van der Waals surface area contributed by atoms with Gasteiger partial charge in [0.2, 0.25) is 5.91 Å². The van der Waals surface area contributed by atoms with Crippen molar-refractivity contribution in [1.82, 2.24) is 5.32 Å². The van der Waals surface area contributed by atoms with E-state index in [0.717, 1.165) is 6.54 Å². The fraction of sp³-hybridized carbons (Fsp3) is 0.900. The van der Waals surface area contributed by atoms with Gasteiger partial charge in [0, 0.05) is 6.54 Å². The monoisotopic (exact) mass is 184 g/mol. The first-order chi connectivity index (χ1) is 6.03. The van der Waals surface area contributed by atoms with Crippen LogP contribution in [0.2, 0.25) is 0 Å². The third-order valence-electron chi connectivity index (χ3n) is 2.91. The zero-order chi connectivity index (χ0) is 9.90. The van der Waals surface area contributed by atoms with Crippen LogP contribution >= 0.6 is 0 Å². The van der Waals surface area contributed by atoms with Gasteiger partial charge in [0.1, 0.15) is 0 Å². The lowest BCUT2D eigenvalue weighted by molar-refractivity contribution is -0.122. The van der Waals surface area contributed by atoms with Gasteiger partial charge in [-0.15, -0.1) is 0 Å². The van der Waals surface area contributed by atoms with E-state index in [1.807, 2.05) is 0 Å². The molecule has 0 bridgehead atoms. The highest BCUT2D eigenvalue weighted by Crippen LogP contribution is 2.36. The smallest absolute Gasteiger partial charge is 0.236 e. The number of nitrogens with two attached hydrogens (primary N) is 1. The van der Waals surface area contributed by atoms with Crippen LogP contribution in [0.25, 0.3) is 0 Å². The summed E-state index contributed by atoms with van der Waals surface area (Å²) in [6, 6.07) is -0.384. The summed E-state index contributed by atoms with van der Waals surface area (Å²) in [4.78, 5) is 11.2. The molecule has 0 aromatic carbocycles. The molecule has 1 amide bonds. The Morgan fingerprint density at radius 1 is 1.54 bits per heavy atom. The topological polar surface area (TPSA) is 55.1 Å². The SMILES string of the molecule is C[C@H](N)C(=O)NCC1(C)CCCC1. The normalized spacial score (nSPS) is 22.7. The van der Waals surface area contributed by atoms with Crippen LogP contribution in [-0.2, 0) is 4.79 Å². The van der Waals surface area contributed by atoms with Crippen LogP contribution in [0.1, 0.15) is 39.5 Å². The van der Waals surface area contributed by atoms with Crippen molar-refractivity contribution in [2.75, 3.05) is 6.54 Å². The molecule has 1 aliphatic rings. The van der Waals surface area contributed by atoms with Gasteiger partial charge in [-0.1, -0.05) is 19.8 Å². The Kier molecular flexibility index (Phi) is 3.31. The standard InChI is InChI=1S/C10H20N2O/c1-8(11)9(13)12-7-10(2)5-3-4-6-10/h8H,3-7,11H2,1-2H3,(H,12,13)/t8-/m0/s1. The van der Waals surface area contributed by atoms with Crippen LogP contribution < -0.4 is 11.1 Å². The largest absolute Gasteiger partial charge is 0.354 e. The molecule has 1 aliphatic carbocycles. The maximum atomic E-state index is 11.2. The number of hydrogen-bond donors (Lipinski definition) is 2. The van der Waals surface area contributed by atoms with Crippen LogP contribution in [0.5, 0.6) is 0 Å². The second kappa shape index (κ2) is 4.09. The van der Waals surface area contributed by atoms with Crippen molar-refractivity contribution in [3.63, 3.8) is 0 Å². The molecule has 1 rings (SSSR count). The zero-order valence-corrected chi connectivity index (χ0v) is 8.60. The van der Waals surface area contributed by atoms with Crippen LogP contribution in [0.3, 0.4) is 0 Å². The van der Waals surface area contributed by atoms with Crippen LogP contribution in [0, 0.1) is 5.41 Å². The number of rotatable bonds is 3. The molecule has 1 atom stereocenters. The first kappa shape index (κ1) is 10.5. The Balaban J connectivity index is 2.29. The third kappa shape index (κ3) is 2.99. The van der Waals surface area contributed by atoms with E-state index in [4.69, 9.17) is 5.73 Å². The molecule has 3 nitrogen and oxygen atoms in total. The van der Waals surface area contributed by atoms with E-state index < -0.39 is 0 Å². The highest BCUT2D eigenvalue weighted by Gasteiger charge is 2.28. The minimum Gasteiger partial charge on any atom is -0.354 e. The maximum Gasteiger partial charge on any atom is 0.236 e. The van der Waals surface area contributed by atoms with Crippen molar-refractivity contribution >= 4 is 5.91 Å². The lowest BCUT2D eigenvalue weighted by atomic mass is 9.89. The van der Waals surface area contributed by atoms with Gasteiger partial charge in [0.15, 0.2) is 0 Å². The Morgan fingerprint density at radius 2 is 2.08 bits per heavy atom. The summed E-state index contributed by atoms with van der Waals surface area (Å²) >= 11 is 0. The van der Waals surface area contributed by atoms with Gasteiger partial charge >= 0.3 is 0 Å². The molecule has 1 saturated carbocycles. The molecule has 0 aromatic heterocycles. The van der Waals surface area contributed by atoms with Crippen LogP contribution in [0.4, 0.5) is 0 Å². The quantitative estimate of drug-likeness (QED) is 0.688. The third-order valence-corrected chi connectivity index (χ3v) is 2.91. The van der Waals surface area contributed by atoms with Gasteiger partial charge in [-0.2, -0.15) is 0 Å². The summed E-state index contributed by atoms with van der Waals surface area (Å²) in [5.41, 5.74) is 5.78. The lowest BCUT2D eigenvalue weighted by Gasteiger charge is -2.24. The van der Waals surface area contributed by atoms with E-state index in [0.29, 0.717) is 5.41 Å². The molecule has 76 valence electrons. The summed E-state index contributed by atoms with van der Waals surface area (Å²) in [7, 11) is 0. The van der Waals surface area contributed by atoms with Crippen LogP contribution in [-0.4, -0.2) is 18.5 Å². The predicted octanol–water partition coefficient (Wildman–Crippen LogP) is 1.03. The molecule has 0 aliphatic heterocycles. The molecule has 0 radical (unpaired) electrons. The number of nitrogens with one attached hydrogen (secondary N) is 1. The molecule has 0 unspecified atom stereocenters. The Labute approximate surface area is 80.1 Å². The second-order valence-corrected chi connectivity index (χ2v) is 4.52. The Morgan fingerprint density at radius 3 is 2.54 bits per heavy atom. The molecule has 1 fully saturated rings. The molecule has 3 heteroatoms. The van der Waals surface area contributed by atoms with E-state index in [-0.39, 0.29) is 11.9 Å². The van der Waals surface area contributed by atoms with Gasteiger partial charge in [-0.3, -0.25) is 4.79 Å². The van der Waals surface area contributed by atoms with Gasteiger partial charge in [0.25, 0.3) is 0 Å². The summed E-state index contributed by atoms with van der Waals surface area (Å²) in [5.74, 6) is -0.0341. The lowest BCUT2D eigenvalue weighted by Crippen LogP contribution is -2.42. The van der Waals surface area contributed by atoms with E-state index in [2.05, 4.69) is 12.2 Å². The van der Waals surface area contributed by atoms with Crippen molar-refractivity contribution in [3.8, 4) is 0 Å². The maximum absolute atomic E-state index is 11.2. The average molecular weight is 184 g/mol. The predicted molar refractivity (Wildman–Crippen MR) is 53.2 cm³/mol. The van der Waals surface area contributed by atoms with Gasteiger partial charge < -0.3 is 11.1 Å². The van der Waals surface area contributed by atoms with Crippen molar-refractivity contribution < 1.29 is 4.79 Å². The minimum absolute atomic E-state index is 0.0341. The van der Waals surface area contributed by atoms with Crippen molar-refractivity contribution in [2.45, 2.75) is 45.6 Å². The Hall–Kier alpha value is -0.570. The number of hydrogen-bond acceptors (Lipinski definition) is 2. The molecule has 0 aromatic rings. The number of amides is 1. The molecule has 13 heavy (non-hydrogen) atoms. The van der Waals surface area contributed by atoms with E-state index in [1.165, 1.54) is 25.7 Å². The van der Waals surface area contributed by atoms with E-state index in [1.54, 1.807) is 6.92 Å². The number of carbonyl (C=O) groups is 1. The molecular weight excluding hydrogens is 164 g/mol. The summed E-state index contributed by atoms with van der Waals surface area (Å²) in [6.45, 7) is 4.74. The second-order valence-electron chi connectivity index (χ2n) is 4.52. The molecule has 0 heterocycles. The molecular formula is C10H20N2O. The van der Waals surface area contributed by atoms with E-state index in [9.17, 15) is 4.79 Å². The zero-order valence-electron chi connectivity index (χ0n) is 8.60. The van der Waals surface area contributed by atoms with Crippen molar-refractivity contribution in [1.29, 1.82) is 0 Å². The number of carbonyl (C=O) groups excluding carboxylic acids is 1. The average Bonchev–Trinajstić information content (AvgIpc) is 2.48. The minimum atomic E-state index is -0.384. The van der Waals surface area contributed by atoms with Crippen molar-refractivity contribution in [3.05, 3.63) is 0 Å². The van der Waals surface area contributed by atoms with Gasteiger partial charge in [0.05, 0.1) is 6.04 Å². The first-order valence-corrected chi connectivity index (χ1v) is 5.07. The van der Waals surface area contributed by atoms with Crippen LogP contribution in [0.15, 0.2) is 0 Å². The summed E-state index contributed by atoms with van der Waals surface area (Å²) in [6.07, 6.45) is 5.05. The molecule has 0 saturated heterocycles. The highest BCUT2D eigenvalue weighted by molar-refractivity contribution is 5.80. The Bertz CT molecular complexity index is 183. The first-order valence-electron chi connectivity index (χ1n) is 5.07. The van der Waals surface area contributed by atoms with Crippen molar-refractivity contribution in [2.24, 2.45) is 11.1 Å². The fourth-order valence-corrected chi connectivity index (χ4v) is 1.87.